The zero-order chi connectivity index (χ0) is 9.97. The molecule has 0 heterocycles. The fourth-order valence-corrected chi connectivity index (χ4v) is 2.55. The monoisotopic (exact) mass is 197 g/mol. The van der Waals surface area contributed by atoms with Gasteiger partial charge in [0.05, 0.1) is 6.10 Å². The summed E-state index contributed by atoms with van der Waals surface area (Å²) in [6.07, 6.45) is 8.69. The molecule has 2 nitrogen and oxygen atoms in total. The van der Waals surface area contributed by atoms with E-state index in [1.807, 2.05) is 0 Å². The second kappa shape index (κ2) is 4.63. The lowest BCUT2D eigenvalue weighted by Crippen LogP contribution is -2.42. The van der Waals surface area contributed by atoms with E-state index in [9.17, 15) is 5.11 Å². The van der Waals surface area contributed by atoms with Crippen molar-refractivity contribution in [2.45, 2.75) is 70.1 Å². The molecule has 2 aliphatic rings. The Morgan fingerprint density at radius 3 is 2.57 bits per heavy atom. The first-order valence-corrected chi connectivity index (χ1v) is 6.23. The van der Waals surface area contributed by atoms with Crippen LogP contribution in [0, 0.1) is 5.92 Å². The lowest BCUT2D eigenvalue weighted by atomic mass is 10.1. The highest BCUT2D eigenvalue weighted by molar-refractivity contribution is 4.87. The van der Waals surface area contributed by atoms with Crippen LogP contribution in [0.5, 0.6) is 0 Å². The minimum atomic E-state index is -0.0803. The Labute approximate surface area is 87.1 Å². The molecule has 0 spiro atoms. The molecule has 3 atom stereocenters. The predicted octanol–water partition coefficient (Wildman–Crippen LogP) is 2.07. The topological polar surface area (TPSA) is 32.3 Å². The molecule has 0 saturated heterocycles. The van der Waals surface area contributed by atoms with Gasteiger partial charge in [-0.1, -0.05) is 19.8 Å². The first-order valence-electron chi connectivity index (χ1n) is 6.23. The summed E-state index contributed by atoms with van der Waals surface area (Å²) in [7, 11) is 0. The van der Waals surface area contributed by atoms with Crippen molar-refractivity contribution < 1.29 is 5.11 Å². The van der Waals surface area contributed by atoms with E-state index in [1.54, 1.807) is 0 Å². The highest BCUT2D eigenvalue weighted by Crippen LogP contribution is 2.34. The standard InChI is InChI=1S/C12H23NO/c1-2-10(8-9-6-7-9)13-11-4-3-5-12(11)14/h9-14H,2-8H2,1H3/t10?,11-,12-/m1/s1. The van der Waals surface area contributed by atoms with Gasteiger partial charge in [-0.05, 0) is 38.0 Å². The van der Waals surface area contributed by atoms with Crippen molar-refractivity contribution in [2.75, 3.05) is 0 Å². The zero-order valence-electron chi connectivity index (χ0n) is 9.21. The molecular weight excluding hydrogens is 174 g/mol. The maximum atomic E-state index is 9.72. The summed E-state index contributed by atoms with van der Waals surface area (Å²) in [6, 6.07) is 1.04. The van der Waals surface area contributed by atoms with Crippen LogP contribution in [0.15, 0.2) is 0 Å². The smallest absolute Gasteiger partial charge is 0.0693 e. The molecular formula is C12H23NO. The van der Waals surface area contributed by atoms with Crippen LogP contribution in [0.4, 0.5) is 0 Å². The summed E-state index contributed by atoms with van der Waals surface area (Å²) in [5, 5.41) is 13.4. The zero-order valence-corrected chi connectivity index (χ0v) is 9.21. The fraction of sp³-hybridized carbons (Fsp3) is 1.00. The van der Waals surface area contributed by atoms with E-state index in [1.165, 1.54) is 38.5 Å². The number of hydrogen-bond acceptors (Lipinski definition) is 2. The maximum absolute atomic E-state index is 9.72. The van der Waals surface area contributed by atoms with Crippen LogP contribution in [0.3, 0.4) is 0 Å². The van der Waals surface area contributed by atoms with Crippen LogP contribution in [-0.4, -0.2) is 23.3 Å². The van der Waals surface area contributed by atoms with Crippen molar-refractivity contribution in [2.24, 2.45) is 5.92 Å². The van der Waals surface area contributed by atoms with E-state index >= 15 is 0 Å². The molecule has 1 unspecified atom stereocenters. The van der Waals surface area contributed by atoms with Gasteiger partial charge in [0, 0.05) is 12.1 Å². The van der Waals surface area contributed by atoms with Crippen molar-refractivity contribution in [3.8, 4) is 0 Å². The Morgan fingerprint density at radius 1 is 1.29 bits per heavy atom. The summed E-state index contributed by atoms with van der Waals surface area (Å²) in [5.41, 5.74) is 0. The molecule has 2 fully saturated rings. The van der Waals surface area contributed by atoms with Gasteiger partial charge in [0.2, 0.25) is 0 Å². The first kappa shape index (κ1) is 10.4. The number of nitrogens with one attached hydrogen (secondary N) is 1. The average molecular weight is 197 g/mol. The average Bonchev–Trinajstić information content (AvgIpc) is 2.90. The molecule has 14 heavy (non-hydrogen) atoms. The molecule has 0 aromatic carbocycles. The minimum Gasteiger partial charge on any atom is -0.392 e. The van der Waals surface area contributed by atoms with E-state index in [2.05, 4.69) is 12.2 Å². The van der Waals surface area contributed by atoms with Crippen LogP contribution in [0.2, 0.25) is 0 Å². The van der Waals surface area contributed by atoms with E-state index in [0.29, 0.717) is 12.1 Å². The highest BCUT2D eigenvalue weighted by atomic mass is 16.3. The van der Waals surface area contributed by atoms with Crippen molar-refractivity contribution in [1.82, 2.24) is 5.32 Å². The molecule has 0 bridgehead atoms. The number of aliphatic hydroxyl groups is 1. The van der Waals surface area contributed by atoms with Gasteiger partial charge in [-0.2, -0.15) is 0 Å². The quantitative estimate of drug-likeness (QED) is 0.707. The summed E-state index contributed by atoms with van der Waals surface area (Å²) < 4.78 is 0. The molecule has 0 radical (unpaired) electrons. The first-order chi connectivity index (χ1) is 6.79. The molecule has 82 valence electrons. The molecule has 0 amide bonds. The summed E-state index contributed by atoms with van der Waals surface area (Å²) in [6.45, 7) is 2.25. The van der Waals surface area contributed by atoms with Crippen molar-refractivity contribution >= 4 is 0 Å². The van der Waals surface area contributed by atoms with Gasteiger partial charge in [-0.15, -0.1) is 0 Å². The molecule has 2 aliphatic carbocycles. The minimum absolute atomic E-state index is 0.0803. The summed E-state index contributed by atoms with van der Waals surface area (Å²) in [4.78, 5) is 0. The summed E-state index contributed by atoms with van der Waals surface area (Å²) >= 11 is 0. The van der Waals surface area contributed by atoms with E-state index in [4.69, 9.17) is 0 Å². The molecule has 0 aromatic heterocycles. The van der Waals surface area contributed by atoms with Crippen LogP contribution >= 0.6 is 0 Å². The second-order valence-electron chi connectivity index (χ2n) is 5.06. The Balaban J connectivity index is 1.74. The second-order valence-corrected chi connectivity index (χ2v) is 5.06. The van der Waals surface area contributed by atoms with Crippen molar-refractivity contribution in [3.05, 3.63) is 0 Å². The third-order valence-corrected chi connectivity index (χ3v) is 3.74. The lowest BCUT2D eigenvalue weighted by Gasteiger charge is -2.24. The van der Waals surface area contributed by atoms with Gasteiger partial charge in [0.25, 0.3) is 0 Å². The van der Waals surface area contributed by atoms with Crippen LogP contribution in [0.1, 0.15) is 51.9 Å². The normalized spacial score (nSPS) is 34.7. The van der Waals surface area contributed by atoms with Gasteiger partial charge in [-0.25, -0.2) is 0 Å². The Morgan fingerprint density at radius 2 is 2.07 bits per heavy atom. The van der Waals surface area contributed by atoms with E-state index < -0.39 is 0 Å². The summed E-state index contributed by atoms with van der Waals surface area (Å²) in [5.74, 6) is 0.992. The number of rotatable bonds is 5. The van der Waals surface area contributed by atoms with Gasteiger partial charge in [-0.3, -0.25) is 0 Å². The Hall–Kier alpha value is -0.0800. The molecule has 0 aromatic rings. The van der Waals surface area contributed by atoms with Gasteiger partial charge in [0.1, 0.15) is 0 Å². The molecule has 2 rings (SSSR count). The van der Waals surface area contributed by atoms with E-state index in [0.717, 1.165) is 12.3 Å². The van der Waals surface area contributed by atoms with Crippen LogP contribution in [-0.2, 0) is 0 Å². The SMILES string of the molecule is CCC(CC1CC1)N[C@@H]1CCC[C@H]1O. The lowest BCUT2D eigenvalue weighted by molar-refractivity contribution is 0.140. The van der Waals surface area contributed by atoms with Crippen molar-refractivity contribution in [3.63, 3.8) is 0 Å². The molecule has 2 N–H and O–H groups in total. The maximum Gasteiger partial charge on any atom is 0.0693 e. The molecule has 2 saturated carbocycles. The van der Waals surface area contributed by atoms with Gasteiger partial charge >= 0.3 is 0 Å². The van der Waals surface area contributed by atoms with Crippen molar-refractivity contribution in [1.29, 1.82) is 0 Å². The largest absolute Gasteiger partial charge is 0.392 e. The van der Waals surface area contributed by atoms with Crippen LogP contribution in [0.25, 0.3) is 0 Å². The third-order valence-electron chi connectivity index (χ3n) is 3.74. The number of aliphatic hydroxyl groups excluding tert-OH is 1. The third kappa shape index (κ3) is 2.71. The highest BCUT2D eigenvalue weighted by Gasteiger charge is 2.29. The molecule has 2 heteroatoms. The number of hydrogen-bond donors (Lipinski definition) is 2. The van der Waals surface area contributed by atoms with E-state index in [-0.39, 0.29) is 6.10 Å². The van der Waals surface area contributed by atoms with Crippen LogP contribution < -0.4 is 5.32 Å². The fourth-order valence-electron chi connectivity index (χ4n) is 2.55. The molecule has 0 aliphatic heterocycles. The van der Waals surface area contributed by atoms with Gasteiger partial charge in [0.15, 0.2) is 0 Å². The predicted molar refractivity (Wildman–Crippen MR) is 58.2 cm³/mol. The Kier molecular flexibility index (Phi) is 3.45. The Bertz CT molecular complexity index is 179. The van der Waals surface area contributed by atoms with Gasteiger partial charge < -0.3 is 10.4 Å².